The van der Waals surface area contributed by atoms with Gasteiger partial charge in [-0.05, 0) is 49.7 Å². The van der Waals surface area contributed by atoms with Gasteiger partial charge in [-0.15, -0.1) is 0 Å². The third-order valence-corrected chi connectivity index (χ3v) is 5.08. The van der Waals surface area contributed by atoms with E-state index in [1.54, 1.807) is 5.56 Å². The second-order valence-electron chi connectivity index (χ2n) is 4.92. The van der Waals surface area contributed by atoms with Crippen LogP contribution in [0.15, 0.2) is 18.2 Å². The second-order valence-corrected chi connectivity index (χ2v) is 6.10. The topological polar surface area (TPSA) is 0 Å². The van der Waals surface area contributed by atoms with E-state index in [2.05, 4.69) is 54.9 Å². The summed E-state index contributed by atoms with van der Waals surface area (Å²) >= 11 is 3.78. The van der Waals surface area contributed by atoms with Crippen molar-refractivity contribution < 1.29 is 0 Å². The average molecular weight is 267 g/mol. The molecule has 0 aliphatic heterocycles. The largest absolute Gasteiger partial charge is 0.0888 e. The molecule has 0 nitrogen and oxygen atoms in total. The fourth-order valence-corrected chi connectivity index (χ4v) is 3.43. The lowest BCUT2D eigenvalue weighted by Crippen LogP contribution is -2.10. The van der Waals surface area contributed by atoms with Gasteiger partial charge in [0, 0.05) is 4.83 Å². The maximum Gasteiger partial charge on any atom is 0.0177 e. The van der Waals surface area contributed by atoms with Gasteiger partial charge in [0.25, 0.3) is 0 Å². The summed E-state index contributed by atoms with van der Waals surface area (Å²) in [5, 5.41) is 0. The lowest BCUT2D eigenvalue weighted by atomic mass is 9.87. The Labute approximate surface area is 101 Å². The van der Waals surface area contributed by atoms with E-state index in [1.165, 1.54) is 24.0 Å². The molecule has 1 aromatic carbocycles. The van der Waals surface area contributed by atoms with Crippen molar-refractivity contribution in [2.24, 2.45) is 5.92 Å². The van der Waals surface area contributed by atoms with Crippen LogP contribution >= 0.6 is 15.9 Å². The van der Waals surface area contributed by atoms with Gasteiger partial charge < -0.3 is 0 Å². The fourth-order valence-electron chi connectivity index (χ4n) is 2.80. The first-order valence-corrected chi connectivity index (χ1v) is 6.72. The summed E-state index contributed by atoms with van der Waals surface area (Å²) < 4.78 is 0. The lowest BCUT2D eigenvalue weighted by Gasteiger charge is -2.20. The number of benzene rings is 1. The Balaban J connectivity index is 2.30. The molecule has 1 fully saturated rings. The molecule has 1 aliphatic rings. The Hall–Kier alpha value is -0.300. The molecule has 3 atom stereocenters. The van der Waals surface area contributed by atoms with Crippen LogP contribution in [0.2, 0.25) is 0 Å². The average Bonchev–Trinajstić information content (AvgIpc) is 2.49. The summed E-state index contributed by atoms with van der Waals surface area (Å²) in [6.07, 6.45) is 2.65. The number of halogens is 1. The van der Waals surface area contributed by atoms with E-state index < -0.39 is 0 Å². The Morgan fingerprint density at radius 1 is 1.20 bits per heavy atom. The van der Waals surface area contributed by atoms with Crippen molar-refractivity contribution in [3.8, 4) is 0 Å². The predicted octanol–water partition coefficient (Wildman–Crippen LogP) is 4.58. The van der Waals surface area contributed by atoms with Crippen molar-refractivity contribution in [1.82, 2.24) is 0 Å². The van der Waals surface area contributed by atoms with Crippen molar-refractivity contribution in [2.45, 2.75) is 44.4 Å². The molecule has 0 N–H and O–H groups in total. The quantitative estimate of drug-likeness (QED) is 0.653. The van der Waals surface area contributed by atoms with Gasteiger partial charge >= 0.3 is 0 Å². The molecule has 0 bridgehead atoms. The number of alkyl halides is 1. The summed E-state index contributed by atoms with van der Waals surface area (Å²) in [5.41, 5.74) is 4.40. The van der Waals surface area contributed by atoms with Crippen molar-refractivity contribution in [3.63, 3.8) is 0 Å². The summed E-state index contributed by atoms with van der Waals surface area (Å²) in [5.74, 6) is 1.53. The second kappa shape index (κ2) is 4.29. The standard InChI is InChI=1S/C14H19Br/c1-9-4-5-12(10(2)8-9)13-6-7-14(15)11(13)3/h4-5,8,11,13-14H,6-7H2,1-3H3. The molecule has 0 aromatic heterocycles. The van der Waals surface area contributed by atoms with Gasteiger partial charge in [-0.3, -0.25) is 0 Å². The predicted molar refractivity (Wildman–Crippen MR) is 69.8 cm³/mol. The first-order valence-electron chi connectivity index (χ1n) is 5.81. The molecule has 0 radical (unpaired) electrons. The highest BCUT2D eigenvalue weighted by atomic mass is 79.9. The maximum absolute atomic E-state index is 3.78. The zero-order valence-corrected chi connectivity index (χ0v) is 11.3. The van der Waals surface area contributed by atoms with Crippen molar-refractivity contribution in [1.29, 1.82) is 0 Å². The van der Waals surface area contributed by atoms with E-state index in [9.17, 15) is 0 Å². The number of rotatable bonds is 1. The van der Waals surface area contributed by atoms with Gasteiger partial charge in [-0.1, -0.05) is 46.6 Å². The highest BCUT2D eigenvalue weighted by molar-refractivity contribution is 9.09. The van der Waals surface area contributed by atoms with Gasteiger partial charge in [-0.2, -0.15) is 0 Å². The molecule has 0 saturated heterocycles. The highest BCUT2D eigenvalue weighted by Gasteiger charge is 2.32. The van der Waals surface area contributed by atoms with E-state index in [1.807, 2.05) is 0 Å². The zero-order chi connectivity index (χ0) is 11.0. The van der Waals surface area contributed by atoms with Gasteiger partial charge in [0.15, 0.2) is 0 Å². The van der Waals surface area contributed by atoms with E-state index in [-0.39, 0.29) is 0 Å². The zero-order valence-electron chi connectivity index (χ0n) is 9.76. The van der Waals surface area contributed by atoms with Crippen LogP contribution in [0, 0.1) is 19.8 Å². The molecule has 0 heterocycles. The molecule has 1 saturated carbocycles. The van der Waals surface area contributed by atoms with E-state index in [0.717, 1.165) is 11.8 Å². The van der Waals surface area contributed by atoms with Gasteiger partial charge in [0.2, 0.25) is 0 Å². The van der Waals surface area contributed by atoms with Crippen LogP contribution in [0.3, 0.4) is 0 Å². The molecule has 1 heteroatoms. The minimum Gasteiger partial charge on any atom is -0.0888 e. The molecule has 2 rings (SSSR count). The number of hydrogen-bond donors (Lipinski definition) is 0. The van der Waals surface area contributed by atoms with Crippen LogP contribution in [-0.2, 0) is 0 Å². The van der Waals surface area contributed by atoms with Crippen molar-refractivity contribution in [3.05, 3.63) is 34.9 Å². The highest BCUT2D eigenvalue weighted by Crippen LogP contribution is 2.43. The van der Waals surface area contributed by atoms with Gasteiger partial charge in [-0.25, -0.2) is 0 Å². The number of hydrogen-bond acceptors (Lipinski definition) is 0. The fraction of sp³-hybridized carbons (Fsp3) is 0.571. The van der Waals surface area contributed by atoms with E-state index in [0.29, 0.717) is 4.83 Å². The van der Waals surface area contributed by atoms with Gasteiger partial charge in [0.1, 0.15) is 0 Å². The monoisotopic (exact) mass is 266 g/mol. The molecule has 82 valence electrons. The van der Waals surface area contributed by atoms with E-state index in [4.69, 9.17) is 0 Å². The van der Waals surface area contributed by atoms with Gasteiger partial charge in [0.05, 0.1) is 0 Å². The summed E-state index contributed by atoms with van der Waals surface area (Å²) in [4.78, 5) is 0.711. The number of aryl methyl sites for hydroxylation is 2. The first kappa shape index (κ1) is 11.2. The molecule has 3 unspecified atom stereocenters. The molecular weight excluding hydrogens is 248 g/mol. The van der Waals surface area contributed by atoms with Crippen LogP contribution in [0.5, 0.6) is 0 Å². The summed E-state index contributed by atoms with van der Waals surface area (Å²) in [6.45, 7) is 6.79. The lowest BCUT2D eigenvalue weighted by molar-refractivity contribution is 0.542. The Bertz CT molecular complexity index is 356. The van der Waals surface area contributed by atoms with Crippen LogP contribution in [0.4, 0.5) is 0 Å². The SMILES string of the molecule is Cc1ccc(C2CCC(Br)C2C)c(C)c1. The summed E-state index contributed by atoms with van der Waals surface area (Å²) in [6, 6.07) is 6.89. The molecule has 0 spiro atoms. The third kappa shape index (κ3) is 2.13. The minimum atomic E-state index is 0.711. The Morgan fingerprint density at radius 3 is 2.47 bits per heavy atom. The maximum atomic E-state index is 3.78. The molecular formula is C14H19Br. The summed E-state index contributed by atoms with van der Waals surface area (Å²) in [7, 11) is 0. The third-order valence-electron chi connectivity index (χ3n) is 3.78. The minimum absolute atomic E-state index is 0.711. The van der Waals surface area contributed by atoms with Crippen molar-refractivity contribution >= 4 is 15.9 Å². The Kier molecular flexibility index (Phi) is 3.20. The van der Waals surface area contributed by atoms with Crippen LogP contribution in [0.1, 0.15) is 42.4 Å². The smallest absolute Gasteiger partial charge is 0.0177 e. The Morgan fingerprint density at radius 2 is 1.93 bits per heavy atom. The normalized spacial score (nSPS) is 30.8. The van der Waals surface area contributed by atoms with Crippen LogP contribution in [-0.4, -0.2) is 4.83 Å². The molecule has 1 aliphatic carbocycles. The van der Waals surface area contributed by atoms with Crippen LogP contribution < -0.4 is 0 Å². The van der Waals surface area contributed by atoms with Crippen molar-refractivity contribution in [2.75, 3.05) is 0 Å². The molecule has 0 amide bonds. The molecule has 1 aromatic rings. The van der Waals surface area contributed by atoms with E-state index >= 15 is 0 Å². The first-order chi connectivity index (χ1) is 7.09. The van der Waals surface area contributed by atoms with Crippen LogP contribution in [0.25, 0.3) is 0 Å². The molecule has 15 heavy (non-hydrogen) atoms.